The maximum Gasteiger partial charge on any atom is 0.434 e. The zero-order valence-electron chi connectivity index (χ0n) is 10.6. The third kappa shape index (κ3) is 3.98. The average Bonchev–Trinajstić information content (AvgIpc) is 2.86. The molecule has 19 heavy (non-hydrogen) atoms. The predicted molar refractivity (Wildman–Crippen MR) is 66.8 cm³/mol. The molecular formula is C11H18N4O4. The van der Waals surface area contributed by atoms with Crippen LogP contribution in [0.15, 0.2) is 12.4 Å². The van der Waals surface area contributed by atoms with Crippen LogP contribution in [0.4, 0.5) is 5.95 Å². The Morgan fingerprint density at radius 2 is 2.26 bits per heavy atom. The van der Waals surface area contributed by atoms with Gasteiger partial charge in [0.15, 0.2) is 0 Å². The lowest BCUT2D eigenvalue weighted by Gasteiger charge is -2.28. The first-order valence-electron chi connectivity index (χ1n) is 6.30. The molecule has 106 valence electrons. The van der Waals surface area contributed by atoms with Crippen LogP contribution in [-0.2, 0) is 11.3 Å². The summed E-state index contributed by atoms with van der Waals surface area (Å²) in [5.41, 5.74) is 0. The molecule has 1 unspecified atom stereocenters. The van der Waals surface area contributed by atoms with Gasteiger partial charge in [-0.1, -0.05) is 4.98 Å². The Labute approximate surface area is 110 Å². The van der Waals surface area contributed by atoms with Gasteiger partial charge < -0.3 is 20.0 Å². The third-order valence-corrected chi connectivity index (χ3v) is 3.13. The lowest BCUT2D eigenvalue weighted by Crippen LogP contribution is -2.41. The van der Waals surface area contributed by atoms with Crippen molar-refractivity contribution in [3.05, 3.63) is 22.5 Å². The molecule has 0 amide bonds. The quantitative estimate of drug-likeness (QED) is 0.572. The molecule has 0 saturated carbocycles. The summed E-state index contributed by atoms with van der Waals surface area (Å²) < 4.78 is 6.68. The molecule has 2 rings (SSSR count). The first kappa shape index (κ1) is 13.9. The van der Waals surface area contributed by atoms with E-state index >= 15 is 0 Å². The molecule has 1 aromatic heterocycles. The maximum absolute atomic E-state index is 10.7. The second-order valence-corrected chi connectivity index (χ2v) is 4.53. The number of aromatic nitrogens is 2. The van der Waals surface area contributed by atoms with E-state index in [2.05, 4.69) is 9.88 Å². The highest BCUT2D eigenvalue weighted by Gasteiger charge is 2.18. The van der Waals surface area contributed by atoms with Crippen molar-refractivity contribution in [2.24, 2.45) is 0 Å². The summed E-state index contributed by atoms with van der Waals surface area (Å²) in [4.78, 5) is 16.0. The summed E-state index contributed by atoms with van der Waals surface area (Å²) >= 11 is 0. The van der Waals surface area contributed by atoms with E-state index in [0.29, 0.717) is 32.7 Å². The van der Waals surface area contributed by atoms with Crippen molar-refractivity contribution in [1.29, 1.82) is 0 Å². The number of aryl methyl sites for hydroxylation is 1. The largest absolute Gasteiger partial charge is 0.434 e. The number of aliphatic hydroxyl groups excluding tert-OH is 1. The van der Waals surface area contributed by atoms with Gasteiger partial charge in [-0.15, -0.1) is 0 Å². The Kier molecular flexibility index (Phi) is 4.83. The van der Waals surface area contributed by atoms with Crippen LogP contribution in [0.2, 0.25) is 0 Å². The van der Waals surface area contributed by atoms with E-state index in [4.69, 9.17) is 4.74 Å². The Balaban J connectivity index is 1.77. The summed E-state index contributed by atoms with van der Waals surface area (Å²) in [6.45, 7) is 4.00. The average molecular weight is 270 g/mol. The van der Waals surface area contributed by atoms with Crippen LogP contribution in [0.25, 0.3) is 0 Å². The predicted octanol–water partition coefficient (Wildman–Crippen LogP) is -0.126. The molecule has 2 heterocycles. The normalized spacial score (nSPS) is 18.4. The third-order valence-electron chi connectivity index (χ3n) is 3.13. The minimum atomic E-state index is -0.519. The molecule has 0 bridgehead atoms. The fraction of sp³-hybridized carbons (Fsp3) is 0.727. The number of rotatable bonds is 6. The highest BCUT2D eigenvalue weighted by atomic mass is 16.6. The van der Waals surface area contributed by atoms with Crippen LogP contribution in [0.3, 0.4) is 0 Å². The van der Waals surface area contributed by atoms with Crippen molar-refractivity contribution in [2.45, 2.75) is 19.1 Å². The van der Waals surface area contributed by atoms with Gasteiger partial charge in [-0.05, 0) is 4.92 Å². The number of imidazole rings is 1. The second-order valence-electron chi connectivity index (χ2n) is 4.53. The Morgan fingerprint density at radius 1 is 1.53 bits per heavy atom. The van der Waals surface area contributed by atoms with Crippen LogP contribution in [0.1, 0.15) is 6.42 Å². The molecule has 1 aliphatic rings. The van der Waals surface area contributed by atoms with E-state index < -0.39 is 11.0 Å². The van der Waals surface area contributed by atoms with E-state index in [1.54, 1.807) is 6.20 Å². The van der Waals surface area contributed by atoms with Gasteiger partial charge in [0.2, 0.25) is 0 Å². The number of ether oxygens (including phenoxy) is 1. The summed E-state index contributed by atoms with van der Waals surface area (Å²) in [5.74, 6) is -0.182. The number of nitro groups is 1. The van der Waals surface area contributed by atoms with Crippen molar-refractivity contribution in [3.63, 3.8) is 0 Å². The molecule has 1 N–H and O–H groups in total. The van der Waals surface area contributed by atoms with Crippen molar-refractivity contribution in [3.8, 4) is 0 Å². The molecule has 0 aromatic carbocycles. The smallest absolute Gasteiger partial charge is 0.392 e. The Hall–Kier alpha value is -1.51. The lowest BCUT2D eigenvalue weighted by atomic mass is 10.2. The van der Waals surface area contributed by atoms with Gasteiger partial charge in [0, 0.05) is 26.1 Å². The molecule has 1 atom stereocenters. The van der Waals surface area contributed by atoms with Crippen LogP contribution < -0.4 is 0 Å². The molecule has 0 radical (unpaired) electrons. The molecule has 1 saturated heterocycles. The summed E-state index contributed by atoms with van der Waals surface area (Å²) in [6.07, 6.45) is 2.92. The standard InChI is InChI=1S/C11H18N4O4/c16-10(9-13-5-7-19-8-6-13)1-3-14-4-2-12-11(14)15(17)18/h2,4,10,16H,1,3,5-9H2. The maximum atomic E-state index is 10.7. The van der Waals surface area contributed by atoms with Gasteiger partial charge in [-0.3, -0.25) is 4.90 Å². The first-order valence-corrected chi connectivity index (χ1v) is 6.30. The SMILES string of the molecule is O=[N+]([O-])c1nccn1CCC(O)CN1CCOCC1. The van der Waals surface area contributed by atoms with E-state index in [-0.39, 0.29) is 5.95 Å². The monoisotopic (exact) mass is 270 g/mol. The molecule has 1 aliphatic heterocycles. The number of aliphatic hydroxyl groups is 1. The van der Waals surface area contributed by atoms with Crippen molar-refractivity contribution < 1.29 is 14.8 Å². The van der Waals surface area contributed by atoms with Gasteiger partial charge >= 0.3 is 5.95 Å². The summed E-state index contributed by atoms with van der Waals surface area (Å²) in [5, 5.41) is 20.6. The molecule has 0 spiro atoms. The Bertz CT molecular complexity index is 417. The van der Waals surface area contributed by atoms with Crippen molar-refractivity contribution in [1.82, 2.24) is 14.5 Å². The molecule has 1 fully saturated rings. The molecule has 1 aromatic rings. The van der Waals surface area contributed by atoms with E-state index in [1.165, 1.54) is 10.8 Å². The summed E-state index contributed by atoms with van der Waals surface area (Å²) in [7, 11) is 0. The number of hydrogen-bond acceptors (Lipinski definition) is 6. The lowest BCUT2D eigenvalue weighted by molar-refractivity contribution is -0.396. The minimum absolute atomic E-state index is 0.182. The highest BCUT2D eigenvalue weighted by Crippen LogP contribution is 2.10. The second kappa shape index (κ2) is 6.60. The number of β-amino-alcohol motifs (C(OH)–C–C–N with tert-alkyl or cyclic N) is 1. The minimum Gasteiger partial charge on any atom is -0.392 e. The fourth-order valence-corrected chi connectivity index (χ4v) is 2.11. The molecule has 8 nitrogen and oxygen atoms in total. The summed E-state index contributed by atoms with van der Waals surface area (Å²) in [6, 6.07) is 0. The first-order chi connectivity index (χ1) is 9.16. The van der Waals surface area contributed by atoms with Crippen molar-refractivity contribution >= 4 is 5.95 Å². The van der Waals surface area contributed by atoms with Crippen LogP contribution in [-0.4, -0.2) is 63.4 Å². The van der Waals surface area contributed by atoms with Gasteiger partial charge in [0.25, 0.3) is 0 Å². The topological polar surface area (TPSA) is 93.7 Å². The number of morpholine rings is 1. The van der Waals surface area contributed by atoms with E-state index in [1.807, 2.05) is 0 Å². The molecule has 0 aliphatic carbocycles. The highest BCUT2D eigenvalue weighted by molar-refractivity contribution is 5.06. The van der Waals surface area contributed by atoms with Gasteiger partial charge in [-0.25, -0.2) is 4.57 Å². The van der Waals surface area contributed by atoms with Crippen molar-refractivity contribution in [2.75, 3.05) is 32.8 Å². The zero-order chi connectivity index (χ0) is 13.7. The van der Waals surface area contributed by atoms with Gasteiger partial charge in [0.05, 0.1) is 25.9 Å². The van der Waals surface area contributed by atoms with E-state index in [9.17, 15) is 15.2 Å². The molecular weight excluding hydrogens is 252 g/mol. The molecule has 8 heteroatoms. The number of hydrogen-bond donors (Lipinski definition) is 1. The van der Waals surface area contributed by atoms with Gasteiger partial charge in [0.1, 0.15) is 12.4 Å². The van der Waals surface area contributed by atoms with Crippen LogP contribution in [0, 0.1) is 10.1 Å². The number of nitrogens with zero attached hydrogens (tertiary/aromatic N) is 4. The fourth-order valence-electron chi connectivity index (χ4n) is 2.11. The van der Waals surface area contributed by atoms with E-state index in [0.717, 1.165) is 13.1 Å². The van der Waals surface area contributed by atoms with Gasteiger partial charge in [-0.2, -0.15) is 0 Å². The van der Waals surface area contributed by atoms with Crippen LogP contribution >= 0.6 is 0 Å². The zero-order valence-corrected chi connectivity index (χ0v) is 10.6. The Morgan fingerprint density at radius 3 is 2.95 bits per heavy atom. The van der Waals surface area contributed by atoms with Crippen LogP contribution in [0.5, 0.6) is 0 Å².